The molecule has 1 aliphatic heterocycles. The van der Waals surface area contributed by atoms with Crippen molar-refractivity contribution in [2.45, 2.75) is 28.7 Å². The number of piperidine rings is 1. The molecule has 2 aromatic rings. The van der Waals surface area contributed by atoms with E-state index < -0.39 is 20.0 Å². The predicted molar refractivity (Wildman–Crippen MR) is 103 cm³/mol. The molecule has 9 heteroatoms. The molecule has 1 heterocycles. The van der Waals surface area contributed by atoms with E-state index in [0.717, 1.165) is 0 Å². The number of halogens is 1. The minimum atomic E-state index is -3.59. The van der Waals surface area contributed by atoms with Crippen molar-refractivity contribution in [2.24, 2.45) is 0 Å². The predicted octanol–water partition coefficient (Wildman–Crippen LogP) is 2.58. The first-order valence-corrected chi connectivity index (χ1v) is 11.8. The van der Waals surface area contributed by atoms with Gasteiger partial charge in [-0.15, -0.1) is 0 Å². The standard InChI is InChI=1S/C17H19BrN2O4S2/c18-14-5-4-8-17(13-14)26(23,24)20-11-9-15(10-12-20)19-25(21,22)16-6-2-1-3-7-16/h1-8,13,15,19H,9-12H2. The monoisotopic (exact) mass is 458 g/mol. The zero-order valence-electron chi connectivity index (χ0n) is 13.9. The van der Waals surface area contributed by atoms with Gasteiger partial charge in [-0.2, -0.15) is 4.31 Å². The fourth-order valence-electron chi connectivity index (χ4n) is 2.88. The molecule has 0 radical (unpaired) electrons. The molecule has 3 rings (SSSR count). The number of nitrogens with one attached hydrogen (secondary N) is 1. The molecule has 1 aliphatic rings. The molecule has 0 atom stereocenters. The molecule has 2 aromatic carbocycles. The maximum Gasteiger partial charge on any atom is 0.243 e. The Hall–Kier alpha value is -1.26. The van der Waals surface area contributed by atoms with Gasteiger partial charge in [0.05, 0.1) is 9.79 Å². The summed E-state index contributed by atoms with van der Waals surface area (Å²) in [6.45, 7) is 0.549. The number of nitrogens with zero attached hydrogens (tertiary/aromatic N) is 1. The van der Waals surface area contributed by atoms with Gasteiger partial charge in [0.1, 0.15) is 0 Å². The van der Waals surface area contributed by atoms with Crippen molar-refractivity contribution >= 4 is 36.0 Å². The molecule has 0 bridgehead atoms. The highest BCUT2D eigenvalue weighted by atomic mass is 79.9. The lowest BCUT2D eigenvalue weighted by atomic mass is 10.1. The van der Waals surface area contributed by atoms with E-state index in [1.54, 1.807) is 42.5 Å². The van der Waals surface area contributed by atoms with Crippen LogP contribution in [0, 0.1) is 0 Å². The Morgan fingerprint density at radius 3 is 2.12 bits per heavy atom. The van der Waals surface area contributed by atoms with Crippen LogP contribution in [0.4, 0.5) is 0 Å². The van der Waals surface area contributed by atoms with E-state index in [-0.39, 0.29) is 28.9 Å². The van der Waals surface area contributed by atoms with E-state index in [1.165, 1.54) is 16.4 Å². The van der Waals surface area contributed by atoms with Crippen LogP contribution in [0.3, 0.4) is 0 Å². The van der Waals surface area contributed by atoms with Crippen LogP contribution >= 0.6 is 15.9 Å². The smallest absolute Gasteiger partial charge is 0.208 e. The maximum absolute atomic E-state index is 12.7. The van der Waals surface area contributed by atoms with Gasteiger partial charge in [0.25, 0.3) is 0 Å². The molecule has 0 spiro atoms. The third kappa shape index (κ3) is 4.34. The number of hydrogen-bond acceptors (Lipinski definition) is 4. The van der Waals surface area contributed by atoms with E-state index >= 15 is 0 Å². The van der Waals surface area contributed by atoms with Gasteiger partial charge < -0.3 is 0 Å². The summed E-state index contributed by atoms with van der Waals surface area (Å²) in [5.74, 6) is 0. The highest BCUT2D eigenvalue weighted by Gasteiger charge is 2.31. The van der Waals surface area contributed by atoms with Gasteiger partial charge in [-0.05, 0) is 43.2 Å². The maximum atomic E-state index is 12.7. The van der Waals surface area contributed by atoms with Gasteiger partial charge in [-0.25, -0.2) is 21.6 Å². The van der Waals surface area contributed by atoms with E-state index in [4.69, 9.17) is 0 Å². The van der Waals surface area contributed by atoms with Crippen LogP contribution in [0.1, 0.15) is 12.8 Å². The van der Waals surface area contributed by atoms with Gasteiger partial charge in [-0.3, -0.25) is 0 Å². The highest BCUT2D eigenvalue weighted by molar-refractivity contribution is 9.10. The second-order valence-corrected chi connectivity index (χ2v) is 10.6. The van der Waals surface area contributed by atoms with Crippen LogP contribution in [0.25, 0.3) is 0 Å². The van der Waals surface area contributed by atoms with Gasteiger partial charge in [-0.1, -0.05) is 40.2 Å². The molecule has 0 saturated carbocycles. The summed E-state index contributed by atoms with van der Waals surface area (Å²) in [6, 6.07) is 14.5. The number of benzene rings is 2. The Kier molecular flexibility index (Phi) is 5.83. The minimum absolute atomic E-state index is 0.212. The lowest BCUT2D eigenvalue weighted by Crippen LogP contribution is -2.46. The van der Waals surface area contributed by atoms with Crippen LogP contribution in [0.2, 0.25) is 0 Å². The van der Waals surface area contributed by atoms with Gasteiger partial charge in [0.15, 0.2) is 0 Å². The van der Waals surface area contributed by atoms with Crippen molar-refractivity contribution in [3.63, 3.8) is 0 Å². The lowest BCUT2D eigenvalue weighted by molar-refractivity contribution is 0.308. The summed E-state index contributed by atoms with van der Waals surface area (Å²) in [5.41, 5.74) is 0. The quantitative estimate of drug-likeness (QED) is 0.745. The molecule has 140 valence electrons. The summed E-state index contributed by atoms with van der Waals surface area (Å²) in [7, 11) is -7.17. The zero-order chi connectivity index (χ0) is 18.8. The molecule has 0 amide bonds. The van der Waals surface area contributed by atoms with Crippen molar-refractivity contribution in [3.8, 4) is 0 Å². The zero-order valence-corrected chi connectivity index (χ0v) is 17.1. The van der Waals surface area contributed by atoms with Crippen molar-refractivity contribution < 1.29 is 16.8 Å². The van der Waals surface area contributed by atoms with Gasteiger partial charge >= 0.3 is 0 Å². The molecule has 1 saturated heterocycles. The first-order chi connectivity index (χ1) is 12.3. The average molecular weight is 459 g/mol. The van der Waals surface area contributed by atoms with Crippen LogP contribution < -0.4 is 4.72 Å². The Balaban J connectivity index is 1.66. The van der Waals surface area contributed by atoms with E-state index in [9.17, 15) is 16.8 Å². The molecule has 0 unspecified atom stereocenters. The SMILES string of the molecule is O=S(=O)(NC1CCN(S(=O)(=O)c2cccc(Br)c2)CC1)c1ccccc1. The van der Waals surface area contributed by atoms with Crippen molar-refractivity contribution in [2.75, 3.05) is 13.1 Å². The number of sulfonamides is 2. The first-order valence-electron chi connectivity index (χ1n) is 8.12. The molecule has 1 fully saturated rings. The average Bonchev–Trinajstić information content (AvgIpc) is 2.63. The topological polar surface area (TPSA) is 83.6 Å². The van der Waals surface area contributed by atoms with Crippen molar-refractivity contribution in [1.29, 1.82) is 0 Å². The third-order valence-electron chi connectivity index (χ3n) is 4.26. The van der Waals surface area contributed by atoms with Crippen LogP contribution in [-0.2, 0) is 20.0 Å². The second kappa shape index (κ2) is 7.77. The molecule has 26 heavy (non-hydrogen) atoms. The summed E-state index contributed by atoms with van der Waals surface area (Å²) < 4.78 is 55.0. The fraction of sp³-hybridized carbons (Fsp3) is 0.294. The highest BCUT2D eigenvalue weighted by Crippen LogP contribution is 2.24. The lowest BCUT2D eigenvalue weighted by Gasteiger charge is -2.31. The largest absolute Gasteiger partial charge is 0.243 e. The van der Waals surface area contributed by atoms with E-state index in [1.807, 2.05) is 0 Å². The van der Waals surface area contributed by atoms with Crippen LogP contribution in [0.5, 0.6) is 0 Å². The molecular formula is C17H19BrN2O4S2. The Morgan fingerprint density at radius 1 is 0.885 bits per heavy atom. The van der Waals surface area contributed by atoms with Crippen molar-refractivity contribution in [3.05, 3.63) is 59.1 Å². The number of hydrogen-bond donors (Lipinski definition) is 1. The minimum Gasteiger partial charge on any atom is -0.208 e. The summed E-state index contributed by atoms with van der Waals surface area (Å²) in [5, 5.41) is 0. The van der Waals surface area contributed by atoms with Crippen LogP contribution in [-0.4, -0.2) is 40.3 Å². The fourth-order valence-corrected chi connectivity index (χ4v) is 6.27. The molecule has 0 aliphatic carbocycles. The third-order valence-corrected chi connectivity index (χ3v) is 8.19. The molecular weight excluding hydrogens is 440 g/mol. The van der Waals surface area contributed by atoms with E-state index in [2.05, 4.69) is 20.7 Å². The molecule has 0 aromatic heterocycles. The molecule has 6 nitrogen and oxygen atoms in total. The van der Waals surface area contributed by atoms with Gasteiger partial charge in [0, 0.05) is 23.6 Å². The van der Waals surface area contributed by atoms with Crippen molar-refractivity contribution in [1.82, 2.24) is 9.03 Å². The Labute approximate surface area is 162 Å². The summed E-state index contributed by atoms with van der Waals surface area (Å²) >= 11 is 3.28. The summed E-state index contributed by atoms with van der Waals surface area (Å²) in [4.78, 5) is 0.444. The number of rotatable bonds is 5. The Bertz CT molecular complexity index is 971. The van der Waals surface area contributed by atoms with Gasteiger partial charge in [0.2, 0.25) is 20.0 Å². The van der Waals surface area contributed by atoms with Crippen LogP contribution in [0.15, 0.2) is 68.9 Å². The molecule has 1 N–H and O–H groups in total. The van der Waals surface area contributed by atoms with E-state index in [0.29, 0.717) is 17.3 Å². The second-order valence-electron chi connectivity index (χ2n) is 6.07. The first kappa shape index (κ1) is 19.5. The normalized spacial score (nSPS) is 17.3. The Morgan fingerprint density at radius 2 is 1.50 bits per heavy atom. The summed E-state index contributed by atoms with van der Waals surface area (Å²) in [6.07, 6.45) is 0.860.